The van der Waals surface area contributed by atoms with Crippen LogP contribution in [0.2, 0.25) is 5.02 Å². The normalized spacial score (nSPS) is 20.3. The smallest absolute Gasteiger partial charge is 0.142 e. The van der Waals surface area contributed by atoms with Crippen molar-refractivity contribution in [2.24, 2.45) is 0 Å². The van der Waals surface area contributed by atoms with Crippen LogP contribution in [-0.4, -0.2) is 36.6 Å². The summed E-state index contributed by atoms with van der Waals surface area (Å²) in [5, 5.41) is 14.4. The second-order valence-corrected chi connectivity index (χ2v) is 12.0. The zero-order chi connectivity index (χ0) is 30.3. The van der Waals surface area contributed by atoms with Crippen molar-refractivity contribution >= 4 is 17.3 Å². The predicted molar refractivity (Wildman–Crippen MR) is 173 cm³/mol. The van der Waals surface area contributed by atoms with E-state index in [1.165, 1.54) is 0 Å². The van der Waals surface area contributed by atoms with Crippen LogP contribution in [0, 0.1) is 0 Å². The fourth-order valence-corrected chi connectivity index (χ4v) is 6.27. The van der Waals surface area contributed by atoms with Gasteiger partial charge in [0, 0.05) is 24.4 Å². The van der Waals surface area contributed by atoms with E-state index in [0.717, 1.165) is 57.8 Å². The number of aliphatic hydroxyl groups excluding tert-OH is 1. The first kappa shape index (κ1) is 30.6. The van der Waals surface area contributed by atoms with Crippen molar-refractivity contribution in [1.82, 2.24) is 0 Å². The van der Waals surface area contributed by atoms with Crippen molar-refractivity contribution in [2.45, 2.75) is 70.4 Å². The van der Waals surface area contributed by atoms with Gasteiger partial charge in [0.25, 0.3) is 0 Å². The maximum absolute atomic E-state index is 10.4. The van der Waals surface area contributed by atoms with Crippen molar-refractivity contribution in [3.8, 4) is 5.75 Å². The molecule has 1 saturated heterocycles. The number of ether oxygens (including phenoxy) is 4. The number of nitrogens with one attached hydrogen (secondary N) is 1. The summed E-state index contributed by atoms with van der Waals surface area (Å²) < 4.78 is 25.4. The molecule has 4 unspecified atom stereocenters. The van der Waals surface area contributed by atoms with Crippen LogP contribution < -0.4 is 10.1 Å². The fourth-order valence-electron chi connectivity index (χ4n) is 6.02. The lowest BCUT2D eigenvalue weighted by Gasteiger charge is -2.39. The minimum Gasteiger partial charge on any atom is -0.490 e. The Morgan fingerprint density at radius 2 is 1.64 bits per heavy atom. The standard InChI is InChI=1S/C37H40ClNO5/c1-25(42-23-26-8-4-2-5-9-26)36-20-31(43-24-27-10-6-3-7-11-27)21-37(44-36)32-18-29(33(38)19-30(32)22-40)16-28-12-13-35-34(17-28)39-14-15-41-35/h2-13,17-19,25,31,36-37,39-40H,14-16,20-24H2,1H3. The van der Waals surface area contributed by atoms with Gasteiger partial charge in [-0.05, 0) is 64.9 Å². The molecule has 0 spiro atoms. The summed E-state index contributed by atoms with van der Waals surface area (Å²) in [6, 6.07) is 30.6. The number of anilines is 1. The third-order valence-electron chi connectivity index (χ3n) is 8.46. The van der Waals surface area contributed by atoms with Gasteiger partial charge in [0.2, 0.25) is 0 Å². The minimum absolute atomic E-state index is 0.0425. The van der Waals surface area contributed by atoms with Crippen molar-refractivity contribution in [3.63, 3.8) is 0 Å². The van der Waals surface area contributed by atoms with E-state index in [-0.39, 0.29) is 31.0 Å². The van der Waals surface area contributed by atoms with Crippen LogP contribution in [0.4, 0.5) is 5.69 Å². The Morgan fingerprint density at radius 3 is 2.39 bits per heavy atom. The highest BCUT2D eigenvalue weighted by Gasteiger charge is 2.35. The van der Waals surface area contributed by atoms with Gasteiger partial charge in [0.05, 0.1) is 49.9 Å². The average Bonchev–Trinajstić information content (AvgIpc) is 3.07. The minimum atomic E-state index is -0.283. The van der Waals surface area contributed by atoms with Gasteiger partial charge < -0.3 is 29.4 Å². The molecule has 4 atom stereocenters. The molecule has 4 aromatic rings. The predicted octanol–water partition coefficient (Wildman–Crippen LogP) is 7.64. The Kier molecular flexibility index (Phi) is 10.2. The average molecular weight is 614 g/mol. The first-order chi connectivity index (χ1) is 21.6. The molecule has 7 heteroatoms. The molecule has 0 radical (unpaired) electrons. The number of aliphatic hydroxyl groups is 1. The third kappa shape index (κ3) is 7.63. The summed E-state index contributed by atoms with van der Waals surface area (Å²) in [7, 11) is 0. The number of rotatable bonds is 11. The Hall–Kier alpha value is -3.39. The van der Waals surface area contributed by atoms with Crippen LogP contribution in [0.1, 0.15) is 59.3 Å². The fraction of sp³-hybridized carbons (Fsp3) is 0.351. The van der Waals surface area contributed by atoms with E-state index in [4.69, 9.17) is 30.5 Å². The molecular weight excluding hydrogens is 574 g/mol. The number of fused-ring (bicyclic) bond motifs is 1. The van der Waals surface area contributed by atoms with Gasteiger partial charge in [-0.1, -0.05) is 84.4 Å². The highest BCUT2D eigenvalue weighted by atomic mass is 35.5. The van der Waals surface area contributed by atoms with Gasteiger partial charge >= 0.3 is 0 Å². The maximum atomic E-state index is 10.4. The van der Waals surface area contributed by atoms with Gasteiger partial charge in [-0.3, -0.25) is 0 Å². The summed E-state index contributed by atoms with van der Waals surface area (Å²) >= 11 is 6.80. The molecule has 0 amide bonds. The molecule has 44 heavy (non-hydrogen) atoms. The Bertz CT molecular complexity index is 1520. The Balaban J connectivity index is 1.24. The maximum Gasteiger partial charge on any atom is 0.142 e. The zero-order valence-corrected chi connectivity index (χ0v) is 25.8. The van der Waals surface area contributed by atoms with Crippen LogP contribution in [0.15, 0.2) is 91.0 Å². The van der Waals surface area contributed by atoms with Crippen molar-refractivity contribution in [1.29, 1.82) is 0 Å². The van der Waals surface area contributed by atoms with Gasteiger partial charge in [0.15, 0.2) is 0 Å². The summed E-state index contributed by atoms with van der Waals surface area (Å²) in [4.78, 5) is 0. The van der Waals surface area contributed by atoms with Gasteiger partial charge in [0.1, 0.15) is 12.4 Å². The molecule has 2 aliphatic heterocycles. The molecular formula is C37H40ClNO5. The van der Waals surface area contributed by atoms with Crippen molar-refractivity contribution in [2.75, 3.05) is 18.5 Å². The summed E-state index contributed by atoms with van der Waals surface area (Å²) in [6.07, 6.45) is 1.37. The van der Waals surface area contributed by atoms with E-state index in [0.29, 0.717) is 37.7 Å². The molecule has 0 aromatic heterocycles. The highest BCUT2D eigenvalue weighted by molar-refractivity contribution is 6.31. The summed E-state index contributed by atoms with van der Waals surface area (Å²) in [6.45, 7) is 4.43. The number of halogens is 1. The highest BCUT2D eigenvalue weighted by Crippen LogP contribution is 2.39. The van der Waals surface area contributed by atoms with Crippen LogP contribution in [0.3, 0.4) is 0 Å². The zero-order valence-electron chi connectivity index (χ0n) is 25.1. The molecule has 2 aliphatic rings. The second kappa shape index (κ2) is 14.6. The quantitative estimate of drug-likeness (QED) is 0.181. The van der Waals surface area contributed by atoms with Crippen molar-refractivity contribution in [3.05, 3.63) is 129 Å². The van der Waals surface area contributed by atoms with E-state index in [2.05, 4.69) is 54.7 Å². The monoisotopic (exact) mass is 613 g/mol. The lowest BCUT2D eigenvalue weighted by atomic mass is 9.89. The Labute approximate surface area is 264 Å². The van der Waals surface area contributed by atoms with E-state index in [1.807, 2.05) is 48.5 Å². The first-order valence-corrected chi connectivity index (χ1v) is 15.8. The molecule has 1 fully saturated rings. The molecule has 2 N–H and O–H groups in total. The van der Waals surface area contributed by atoms with E-state index >= 15 is 0 Å². The van der Waals surface area contributed by atoms with Gasteiger partial charge in [-0.2, -0.15) is 0 Å². The first-order valence-electron chi connectivity index (χ1n) is 15.4. The van der Waals surface area contributed by atoms with E-state index in [9.17, 15) is 5.11 Å². The SMILES string of the molecule is CC(OCc1ccccc1)C1CC(OCc2ccccc2)CC(c2cc(Cc3ccc4c(c3)NCCO4)c(Cl)cc2CO)O1. The molecule has 0 saturated carbocycles. The van der Waals surface area contributed by atoms with E-state index in [1.54, 1.807) is 0 Å². The van der Waals surface area contributed by atoms with Gasteiger partial charge in [-0.15, -0.1) is 0 Å². The summed E-state index contributed by atoms with van der Waals surface area (Å²) in [5.41, 5.74) is 7.08. The van der Waals surface area contributed by atoms with Crippen LogP contribution in [0.5, 0.6) is 5.75 Å². The summed E-state index contributed by atoms with van der Waals surface area (Å²) in [5.74, 6) is 0.870. The molecule has 4 aromatic carbocycles. The van der Waals surface area contributed by atoms with E-state index < -0.39 is 0 Å². The molecule has 6 rings (SSSR count). The molecule has 0 aliphatic carbocycles. The third-order valence-corrected chi connectivity index (χ3v) is 8.81. The Morgan fingerprint density at radius 1 is 0.886 bits per heavy atom. The molecule has 230 valence electrons. The molecule has 0 bridgehead atoms. The lowest BCUT2D eigenvalue weighted by molar-refractivity contribution is -0.165. The van der Waals surface area contributed by atoms with Crippen LogP contribution in [0.25, 0.3) is 0 Å². The number of benzene rings is 4. The molecule has 2 heterocycles. The second-order valence-electron chi connectivity index (χ2n) is 11.6. The molecule has 6 nitrogen and oxygen atoms in total. The van der Waals surface area contributed by atoms with Crippen LogP contribution in [-0.2, 0) is 40.5 Å². The number of hydrogen-bond donors (Lipinski definition) is 2. The van der Waals surface area contributed by atoms with Crippen molar-refractivity contribution < 1.29 is 24.1 Å². The van der Waals surface area contributed by atoms with Crippen LogP contribution >= 0.6 is 11.6 Å². The van der Waals surface area contributed by atoms with Gasteiger partial charge in [-0.25, -0.2) is 0 Å². The topological polar surface area (TPSA) is 69.2 Å². The number of hydrogen-bond acceptors (Lipinski definition) is 6. The lowest BCUT2D eigenvalue weighted by Crippen LogP contribution is -2.40. The largest absolute Gasteiger partial charge is 0.490 e.